The number of carbonyl (C=O) groups is 1. The summed E-state index contributed by atoms with van der Waals surface area (Å²) in [6.07, 6.45) is 6.73. The SMILES string of the molecule is CN(C)Cc1cc(C2(C(N)=O)CC2)cnc1-c1ccoc1. The van der Waals surface area contributed by atoms with Gasteiger partial charge >= 0.3 is 0 Å². The Bertz CT molecular complexity index is 658. The molecule has 2 heterocycles. The first-order valence-corrected chi connectivity index (χ1v) is 6.99. The second-order valence-corrected chi connectivity index (χ2v) is 5.93. The Morgan fingerprint density at radius 3 is 2.76 bits per heavy atom. The number of carbonyl (C=O) groups excluding carboxylic acids is 1. The van der Waals surface area contributed by atoms with Crippen LogP contribution in [0.3, 0.4) is 0 Å². The molecule has 1 saturated carbocycles. The fourth-order valence-corrected chi connectivity index (χ4v) is 2.69. The molecule has 1 fully saturated rings. The average Bonchev–Trinajstić information content (AvgIpc) is 3.08. The number of hydrogen-bond acceptors (Lipinski definition) is 4. The second kappa shape index (κ2) is 5.00. The largest absolute Gasteiger partial charge is 0.472 e. The summed E-state index contributed by atoms with van der Waals surface area (Å²) in [7, 11) is 4.01. The minimum absolute atomic E-state index is 0.254. The number of amides is 1. The van der Waals surface area contributed by atoms with Gasteiger partial charge in [0.15, 0.2) is 0 Å². The Kier molecular flexibility index (Phi) is 3.29. The van der Waals surface area contributed by atoms with Crippen LogP contribution in [0.2, 0.25) is 0 Å². The van der Waals surface area contributed by atoms with Crippen molar-refractivity contribution in [3.63, 3.8) is 0 Å². The van der Waals surface area contributed by atoms with Crippen LogP contribution in [0.5, 0.6) is 0 Å². The summed E-state index contributed by atoms with van der Waals surface area (Å²) in [6.45, 7) is 0.746. The summed E-state index contributed by atoms with van der Waals surface area (Å²) in [6, 6.07) is 3.95. The lowest BCUT2D eigenvalue weighted by Crippen LogP contribution is -2.28. The Morgan fingerprint density at radius 1 is 1.48 bits per heavy atom. The van der Waals surface area contributed by atoms with E-state index in [4.69, 9.17) is 10.2 Å². The van der Waals surface area contributed by atoms with Crippen LogP contribution in [0.1, 0.15) is 24.0 Å². The maximum atomic E-state index is 11.7. The van der Waals surface area contributed by atoms with Crippen molar-refractivity contribution in [1.29, 1.82) is 0 Å². The first kappa shape index (κ1) is 13.8. The topological polar surface area (TPSA) is 72.4 Å². The second-order valence-electron chi connectivity index (χ2n) is 5.93. The Balaban J connectivity index is 2.05. The molecule has 0 aromatic carbocycles. The van der Waals surface area contributed by atoms with E-state index in [1.54, 1.807) is 18.7 Å². The molecule has 2 aromatic heterocycles. The molecule has 21 heavy (non-hydrogen) atoms. The molecule has 0 unspecified atom stereocenters. The predicted octanol–water partition coefficient (Wildman–Crippen LogP) is 1.92. The van der Waals surface area contributed by atoms with E-state index in [-0.39, 0.29) is 5.91 Å². The highest BCUT2D eigenvalue weighted by molar-refractivity contribution is 5.90. The van der Waals surface area contributed by atoms with Gasteiger partial charge in [-0.1, -0.05) is 0 Å². The van der Waals surface area contributed by atoms with Gasteiger partial charge in [-0.05, 0) is 50.2 Å². The van der Waals surface area contributed by atoms with E-state index in [1.165, 1.54) is 0 Å². The summed E-state index contributed by atoms with van der Waals surface area (Å²) in [5, 5.41) is 0. The van der Waals surface area contributed by atoms with Gasteiger partial charge in [-0.3, -0.25) is 9.78 Å². The van der Waals surface area contributed by atoms with Crippen LogP contribution in [-0.4, -0.2) is 29.9 Å². The fraction of sp³-hybridized carbons (Fsp3) is 0.375. The van der Waals surface area contributed by atoms with Gasteiger partial charge in [0.05, 0.1) is 23.6 Å². The molecule has 110 valence electrons. The number of aromatic nitrogens is 1. The molecular formula is C16H19N3O2. The van der Waals surface area contributed by atoms with E-state index < -0.39 is 5.41 Å². The molecule has 5 heteroatoms. The summed E-state index contributed by atoms with van der Waals surface area (Å²) in [5.41, 5.74) is 8.90. The highest BCUT2D eigenvalue weighted by Crippen LogP contribution is 2.48. The normalized spacial score (nSPS) is 16.1. The van der Waals surface area contributed by atoms with E-state index >= 15 is 0 Å². The van der Waals surface area contributed by atoms with Crippen molar-refractivity contribution in [3.8, 4) is 11.3 Å². The monoisotopic (exact) mass is 285 g/mol. The highest BCUT2D eigenvalue weighted by atomic mass is 16.3. The molecular weight excluding hydrogens is 266 g/mol. The van der Waals surface area contributed by atoms with E-state index in [9.17, 15) is 4.79 Å². The van der Waals surface area contributed by atoms with Crippen molar-refractivity contribution >= 4 is 5.91 Å². The molecule has 0 radical (unpaired) electrons. The number of nitrogens with two attached hydrogens (primary N) is 1. The van der Waals surface area contributed by atoms with Gasteiger partial charge in [0.25, 0.3) is 0 Å². The number of furan rings is 1. The van der Waals surface area contributed by atoms with Gasteiger partial charge in [-0.2, -0.15) is 0 Å². The van der Waals surface area contributed by atoms with Crippen LogP contribution >= 0.6 is 0 Å². The molecule has 0 bridgehead atoms. The smallest absolute Gasteiger partial charge is 0.228 e. The molecule has 1 amide bonds. The molecule has 0 saturated heterocycles. The third-order valence-corrected chi connectivity index (χ3v) is 4.02. The standard InChI is InChI=1S/C16H19N3O2/c1-19(2)9-12-7-13(16(4-5-16)15(17)20)8-18-14(12)11-3-6-21-10-11/h3,6-8,10H,4-5,9H2,1-2H3,(H2,17,20). The van der Waals surface area contributed by atoms with Gasteiger partial charge in [-0.15, -0.1) is 0 Å². The minimum atomic E-state index is -0.497. The lowest BCUT2D eigenvalue weighted by Gasteiger charge is -2.17. The van der Waals surface area contributed by atoms with E-state index in [1.807, 2.05) is 20.2 Å². The summed E-state index contributed by atoms with van der Waals surface area (Å²) in [5.74, 6) is -0.254. The molecule has 3 rings (SSSR count). The molecule has 0 spiro atoms. The molecule has 5 nitrogen and oxygen atoms in total. The summed E-state index contributed by atoms with van der Waals surface area (Å²) in [4.78, 5) is 18.3. The van der Waals surface area contributed by atoms with Crippen LogP contribution in [0, 0.1) is 0 Å². The molecule has 1 aliphatic rings. The molecule has 1 aliphatic carbocycles. The van der Waals surface area contributed by atoms with E-state index in [2.05, 4.69) is 16.0 Å². The quantitative estimate of drug-likeness (QED) is 0.911. The Labute approximate surface area is 123 Å². The minimum Gasteiger partial charge on any atom is -0.472 e. The molecule has 2 aromatic rings. The van der Waals surface area contributed by atoms with Crippen molar-refractivity contribution in [1.82, 2.24) is 9.88 Å². The van der Waals surface area contributed by atoms with Crippen LogP contribution in [-0.2, 0) is 16.8 Å². The van der Waals surface area contributed by atoms with Gasteiger partial charge < -0.3 is 15.1 Å². The van der Waals surface area contributed by atoms with Crippen LogP contribution in [0.4, 0.5) is 0 Å². The molecule has 2 N–H and O–H groups in total. The van der Waals surface area contributed by atoms with Gasteiger partial charge in [0.2, 0.25) is 5.91 Å². The maximum Gasteiger partial charge on any atom is 0.228 e. The third kappa shape index (κ3) is 2.45. The Morgan fingerprint density at radius 2 is 2.24 bits per heavy atom. The van der Waals surface area contributed by atoms with Crippen molar-refractivity contribution in [3.05, 3.63) is 42.0 Å². The zero-order valence-corrected chi connectivity index (χ0v) is 12.3. The highest BCUT2D eigenvalue weighted by Gasteiger charge is 2.50. The first-order valence-electron chi connectivity index (χ1n) is 6.99. The van der Waals surface area contributed by atoms with Crippen LogP contribution in [0.15, 0.2) is 35.3 Å². The summed E-state index contributed by atoms with van der Waals surface area (Å²) < 4.78 is 5.15. The first-order chi connectivity index (χ1) is 10.0. The number of pyridine rings is 1. The van der Waals surface area contributed by atoms with Crippen LogP contribution in [0.25, 0.3) is 11.3 Å². The lowest BCUT2D eigenvalue weighted by molar-refractivity contribution is -0.120. The number of nitrogens with zero attached hydrogens (tertiary/aromatic N) is 2. The fourth-order valence-electron chi connectivity index (χ4n) is 2.69. The number of primary amides is 1. The van der Waals surface area contributed by atoms with Crippen molar-refractivity contribution < 1.29 is 9.21 Å². The molecule has 0 aliphatic heterocycles. The third-order valence-electron chi connectivity index (χ3n) is 4.02. The van der Waals surface area contributed by atoms with Crippen molar-refractivity contribution in [2.45, 2.75) is 24.8 Å². The number of hydrogen-bond donors (Lipinski definition) is 1. The summed E-state index contributed by atoms with van der Waals surface area (Å²) >= 11 is 0. The van der Waals surface area contributed by atoms with Gasteiger partial charge in [-0.25, -0.2) is 0 Å². The van der Waals surface area contributed by atoms with E-state index in [0.29, 0.717) is 0 Å². The maximum absolute atomic E-state index is 11.7. The van der Waals surface area contributed by atoms with Crippen molar-refractivity contribution in [2.75, 3.05) is 14.1 Å². The van der Waals surface area contributed by atoms with Gasteiger partial charge in [0, 0.05) is 18.3 Å². The lowest BCUT2D eigenvalue weighted by atomic mass is 9.94. The van der Waals surface area contributed by atoms with E-state index in [0.717, 1.165) is 41.8 Å². The zero-order chi connectivity index (χ0) is 15.0. The van der Waals surface area contributed by atoms with Crippen LogP contribution < -0.4 is 5.73 Å². The average molecular weight is 285 g/mol. The predicted molar refractivity (Wildman–Crippen MR) is 79.4 cm³/mol. The van der Waals surface area contributed by atoms with Gasteiger partial charge in [0.1, 0.15) is 0 Å². The Hall–Kier alpha value is -2.14. The number of rotatable bonds is 5. The molecule has 0 atom stereocenters. The van der Waals surface area contributed by atoms with Crippen molar-refractivity contribution in [2.24, 2.45) is 5.73 Å². The zero-order valence-electron chi connectivity index (χ0n) is 12.3.